The first-order valence-electron chi connectivity index (χ1n) is 5.38. The van der Waals surface area contributed by atoms with Crippen molar-refractivity contribution >= 4 is 11.7 Å². The lowest BCUT2D eigenvalue weighted by Gasteiger charge is -2.20. The number of ketones is 1. The van der Waals surface area contributed by atoms with Crippen LogP contribution < -0.4 is 5.32 Å². The smallest absolute Gasteiger partial charge is 0.230 e. The third-order valence-corrected chi connectivity index (χ3v) is 2.71. The lowest BCUT2D eigenvalue weighted by Crippen LogP contribution is -2.33. The summed E-state index contributed by atoms with van der Waals surface area (Å²) in [4.78, 5) is 23.5. The zero-order chi connectivity index (χ0) is 11.5. The Kier molecular flexibility index (Phi) is 3.66. The lowest BCUT2D eigenvalue weighted by atomic mass is 9.85. The third kappa shape index (κ3) is 3.18. The van der Waals surface area contributed by atoms with Gasteiger partial charge in [0, 0.05) is 13.0 Å². The van der Waals surface area contributed by atoms with Crippen molar-refractivity contribution in [3.05, 3.63) is 12.2 Å². The summed E-state index contributed by atoms with van der Waals surface area (Å²) in [5.41, 5.74) is -0.114. The van der Waals surface area contributed by atoms with Crippen molar-refractivity contribution in [3.63, 3.8) is 0 Å². The summed E-state index contributed by atoms with van der Waals surface area (Å²) in [5.74, 6) is -0.542. The predicted molar refractivity (Wildman–Crippen MR) is 59.3 cm³/mol. The van der Waals surface area contributed by atoms with Gasteiger partial charge in [-0.2, -0.15) is 0 Å². The number of carbonyl (C=O) groups is 2. The maximum Gasteiger partial charge on any atom is 0.230 e. The highest BCUT2D eigenvalue weighted by molar-refractivity contribution is 6.02. The van der Waals surface area contributed by atoms with Gasteiger partial charge in [-0.25, -0.2) is 0 Å². The second-order valence-corrected chi connectivity index (χ2v) is 4.88. The summed E-state index contributed by atoms with van der Waals surface area (Å²) in [6.45, 7) is 6.49. The minimum absolute atomic E-state index is 0.0631. The lowest BCUT2D eigenvalue weighted by molar-refractivity contribution is -0.132. The first-order chi connectivity index (χ1) is 6.96. The van der Waals surface area contributed by atoms with Crippen molar-refractivity contribution in [2.75, 3.05) is 6.54 Å². The van der Waals surface area contributed by atoms with Crippen LogP contribution in [0.5, 0.6) is 0 Å². The van der Waals surface area contributed by atoms with Crippen LogP contribution in [-0.4, -0.2) is 18.2 Å². The van der Waals surface area contributed by atoms with E-state index in [1.807, 2.05) is 32.9 Å². The number of amides is 1. The summed E-state index contributed by atoms with van der Waals surface area (Å²) in [6, 6.07) is 0. The number of rotatable bonds is 2. The van der Waals surface area contributed by atoms with E-state index in [1.165, 1.54) is 0 Å². The third-order valence-electron chi connectivity index (χ3n) is 2.71. The van der Waals surface area contributed by atoms with E-state index in [4.69, 9.17) is 0 Å². The average molecular weight is 209 g/mol. The van der Waals surface area contributed by atoms with E-state index in [0.29, 0.717) is 19.4 Å². The molecule has 3 heteroatoms. The van der Waals surface area contributed by atoms with Crippen LogP contribution in [0.15, 0.2) is 12.2 Å². The van der Waals surface area contributed by atoms with Crippen LogP contribution in [0.1, 0.15) is 33.6 Å². The molecule has 1 heterocycles. The average Bonchev–Trinajstić information content (AvgIpc) is 2.22. The second-order valence-electron chi connectivity index (χ2n) is 4.88. The molecule has 15 heavy (non-hydrogen) atoms. The molecule has 0 aromatic rings. The number of carbonyl (C=O) groups excluding carboxylic acids is 2. The Bertz CT molecular complexity index is 292. The number of hydrogen-bond donors (Lipinski definition) is 1. The SMILES string of the molecule is C/C=C/CC1C(=O)CC(C)(C)CNC1=O. The van der Waals surface area contributed by atoms with Crippen LogP contribution in [0.3, 0.4) is 0 Å². The summed E-state index contributed by atoms with van der Waals surface area (Å²) in [6.07, 6.45) is 4.75. The molecule has 84 valence electrons. The van der Waals surface area contributed by atoms with Crippen molar-refractivity contribution in [2.45, 2.75) is 33.6 Å². The molecule has 1 unspecified atom stereocenters. The van der Waals surface area contributed by atoms with Gasteiger partial charge in [0.05, 0.1) is 5.92 Å². The van der Waals surface area contributed by atoms with Gasteiger partial charge in [-0.05, 0) is 18.8 Å². The van der Waals surface area contributed by atoms with Crippen LogP contribution in [0, 0.1) is 11.3 Å². The predicted octanol–water partition coefficient (Wildman–Crippen LogP) is 1.68. The Hall–Kier alpha value is -1.12. The molecule has 1 saturated heterocycles. The quantitative estimate of drug-likeness (QED) is 0.555. The molecule has 3 nitrogen and oxygen atoms in total. The van der Waals surface area contributed by atoms with Crippen molar-refractivity contribution in [1.82, 2.24) is 5.32 Å². The van der Waals surface area contributed by atoms with Gasteiger partial charge in [0.2, 0.25) is 5.91 Å². The van der Waals surface area contributed by atoms with Gasteiger partial charge in [-0.15, -0.1) is 0 Å². The maximum absolute atomic E-state index is 11.9. The topological polar surface area (TPSA) is 46.2 Å². The van der Waals surface area contributed by atoms with Crippen molar-refractivity contribution in [3.8, 4) is 0 Å². The molecule has 0 saturated carbocycles. The van der Waals surface area contributed by atoms with E-state index < -0.39 is 5.92 Å². The largest absolute Gasteiger partial charge is 0.355 e. The van der Waals surface area contributed by atoms with Crippen molar-refractivity contribution in [2.24, 2.45) is 11.3 Å². The molecule has 1 atom stereocenters. The molecule has 0 aliphatic carbocycles. The standard InChI is InChI=1S/C12H19NO2/c1-4-5-6-9-10(14)7-12(2,3)8-13-11(9)15/h4-5,9H,6-8H2,1-3H3,(H,13,15)/b5-4+. The summed E-state index contributed by atoms with van der Waals surface area (Å²) in [7, 11) is 0. The molecule has 1 aliphatic rings. The summed E-state index contributed by atoms with van der Waals surface area (Å²) < 4.78 is 0. The molecule has 0 radical (unpaired) electrons. The van der Waals surface area contributed by atoms with E-state index in [9.17, 15) is 9.59 Å². The van der Waals surface area contributed by atoms with Gasteiger partial charge in [0.1, 0.15) is 5.78 Å². The normalized spacial score (nSPS) is 26.5. The highest BCUT2D eigenvalue weighted by Gasteiger charge is 2.34. The maximum atomic E-state index is 11.9. The van der Waals surface area contributed by atoms with Crippen LogP contribution >= 0.6 is 0 Å². The van der Waals surface area contributed by atoms with Crippen LogP contribution in [0.2, 0.25) is 0 Å². The number of nitrogens with one attached hydrogen (secondary N) is 1. The van der Waals surface area contributed by atoms with Gasteiger partial charge < -0.3 is 5.32 Å². The fourth-order valence-corrected chi connectivity index (χ4v) is 1.76. The first kappa shape index (κ1) is 12.0. The van der Waals surface area contributed by atoms with E-state index >= 15 is 0 Å². The zero-order valence-electron chi connectivity index (χ0n) is 9.67. The van der Waals surface area contributed by atoms with Gasteiger partial charge in [-0.3, -0.25) is 9.59 Å². The monoisotopic (exact) mass is 209 g/mol. The number of hydrogen-bond acceptors (Lipinski definition) is 2. The summed E-state index contributed by atoms with van der Waals surface area (Å²) >= 11 is 0. The molecule has 0 aromatic heterocycles. The number of Topliss-reactive ketones (excluding diaryl/α,β-unsaturated/α-hetero) is 1. The van der Waals surface area contributed by atoms with Crippen LogP contribution in [0.4, 0.5) is 0 Å². The van der Waals surface area contributed by atoms with Crippen LogP contribution in [0.25, 0.3) is 0 Å². The molecule has 0 aromatic carbocycles. The molecule has 0 spiro atoms. The Morgan fingerprint density at radius 2 is 2.13 bits per heavy atom. The van der Waals surface area contributed by atoms with Crippen molar-refractivity contribution < 1.29 is 9.59 Å². The highest BCUT2D eigenvalue weighted by atomic mass is 16.2. The number of allylic oxidation sites excluding steroid dienone is 2. The fourth-order valence-electron chi connectivity index (χ4n) is 1.76. The Balaban J connectivity index is 2.78. The van der Waals surface area contributed by atoms with Gasteiger partial charge in [0.25, 0.3) is 0 Å². The molecule has 1 rings (SSSR count). The first-order valence-corrected chi connectivity index (χ1v) is 5.38. The Morgan fingerprint density at radius 1 is 1.47 bits per heavy atom. The minimum atomic E-state index is -0.483. The van der Waals surface area contributed by atoms with Gasteiger partial charge in [0.15, 0.2) is 0 Å². The van der Waals surface area contributed by atoms with E-state index in [2.05, 4.69) is 5.32 Å². The summed E-state index contributed by atoms with van der Waals surface area (Å²) in [5, 5.41) is 2.83. The molecule has 1 fully saturated rings. The van der Waals surface area contributed by atoms with E-state index in [-0.39, 0.29) is 17.1 Å². The fraction of sp³-hybridized carbons (Fsp3) is 0.667. The second kappa shape index (κ2) is 4.60. The molecule has 0 bridgehead atoms. The zero-order valence-corrected chi connectivity index (χ0v) is 9.67. The van der Waals surface area contributed by atoms with E-state index in [0.717, 1.165) is 0 Å². The van der Waals surface area contributed by atoms with Crippen molar-refractivity contribution in [1.29, 1.82) is 0 Å². The molecule has 1 aliphatic heterocycles. The highest BCUT2D eigenvalue weighted by Crippen LogP contribution is 2.26. The van der Waals surface area contributed by atoms with E-state index in [1.54, 1.807) is 0 Å². The van der Waals surface area contributed by atoms with Gasteiger partial charge in [-0.1, -0.05) is 26.0 Å². The van der Waals surface area contributed by atoms with Crippen LogP contribution in [-0.2, 0) is 9.59 Å². The molecule has 1 amide bonds. The minimum Gasteiger partial charge on any atom is -0.355 e. The van der Waals surface area contributed by atoms with Gasteiger partial charge >= 0.3 is 0 Å². The molecular weight excluding hydrogens is 190 g/mol. The Labute approximate surface area is 90.9 Å². The Morgan fingerprint density at radius 3 is 2.73 bits per heavy atom. The molecule has 1 N–H and O–H groups in total. The molecular formula is C12H19NO2.